The molecule has 7 heteroatoms. The van der Waals surface area contributed by atoms with E-state index in [9.17, 15) is 4.79 Å². The van der Waals surface area contributed by atoms with Crippen molar-refractivity contribution >= 4 is 6.03 Å². The monoisotopic (exact) mass is 345 g/mol. The van der Waals surface area contributed by atoms with E-state index in [0.29, 0.717) is 26.1 Å². The summed E-state index contributed by atoms with van der Waals surface area (Å²) in [7, 11) is 3.63. The summed E-state index contributed by atoms with van der Waals surface area (Å²) in [4.78, 5) is 17.9. The van der Waals surface area contributed by atoms with Crippen molar-refractivity contribution in [1.29, 1.82) is 0 Å². The maximum absolute atomic E-state index is 12.1. The van der Waals surface area contributed by atoms with Crippen LogP contribution >= 0.6 is 0 Å². The Balaban J connectivity index is 1.65. The molecule has 1 aromatic carbocycles. The standard InChI is InChI=1S/C18H27N5O2/c1-14-7-5-8-15(2)17(14)25-12-6-11-22(3)18(24)19-10-9-16-20-13-21-23(16)4/h5,7-8,13H,6,9-12H2,1-4H3,(H,19,24). The van der Waals surface area contributed by atoms with E-state index in [1.54, 1.807) is 16.6 Å². The minimum atomic E-state index is -0.0887. The number of aryl methyl sites for hydroxylation is 3. The molecule has 1 heterocycles. The normalized spacial score (nSPS) is 10.6. The number of urea groups is 1. The number of nitrogens with one attached hydrogen (secondary N) is 1. The van der Waals surface area contributed by atoms with Crippen molar-refractivity contribution < 1.29 is 9.53 Å². The molecule has 0 bridgehead atoms. The third-order valence-electron chi connectivity index (χ3n) is 4.07. The van der Waals surface area contributed by atoms with Gasteiger partial charge in [-0.3, -0.25) is 4.68 Å². The number of amides is 2. The second kappa shape index (κ2) is 9.05. The Hall–Kier alpha value is -2.57. The molecule has 7 nitrogen and oxygen atoms in total. The minimum Gasteiger partial charge on any atom is -0.493 e. The Kier molecular flexibility index (Phi) is 6.80. The van der Waals surface area contributed by atoms with Gasteiger partial charge in [-0.15, -0.1) is 0 Å². The van der Waals surface area contributed by atoms with E-state index in [-0.39, 0.29) is 6.03 Å². The number of carbonyl (C=O) groups is 1. The van der Waals surface area contributed by atoms with Crippen molar-refractivity contribution in [2.45, 2.75) is 26.7 Å². The molecule has 2 aromatic rings. The SMILES string of the molecule is Cc1cccc(C)c1OCCCN(C)C(=O)NCCc1ncnn1C. The molecule has 136 valence electrons. The molecule has 0 aliphatic heterocycles. The van der Waals surface area contributed by atoms with Crippen molar-refractivity contribution in [3.05, 3.63) is 41.5 Å². The summed E-state index contributed by atoms with van der Waals surface area (Å²) in [6.07, 6.45) is 2.95. The van der Waals surface area contributed by atoms with Crippen molar-refractivity contribution in [2.24, 2.45) is 7.05 Å². The lowest BCUT2D eigenvalue weighted by Crippen LogP contribution is -2.39. The maximum atomic E-state index is 12.1. The third kappa shape index (κ3) is 5.48. The fourth-order valence-corrected chi connectivity index (χ4v) is 2.57. The molecule has 0 saturated heterocycles. The lowest BCUT2D eigenvalue weighted by Gasteiger charge is -2.18. The number of hydrogen-bond donors (Lipinski definition) is 1. The van der Waals surface area contributed by atoms with Crippen LogP contribution in [0.2, 0.25) is 0 Å². The van der Waals surface area contributed by atoms with Gasteiger partial charge in [-0.05, 0) is 31.4 Å². The van der Waals surface area contributed by atoms with E-state index >= 15 is 0 Å². The Bertz CT molecular complexity index is 678. The summed E-state index contributed by atoms with van der Waals surface area (Å²) in [5.41, 5.74) is 2.27. The van der Waals surface area contributed by atoms with Crippen LogP contribution in [0.3, 0.4) is 0 Å². The molecule has 1 N–H and O–H groups in total. The average Bonchev–Trinajstić information content (AvgIpc) is 2.98. The topological polar surface area (TPSA) is 72.3 Å². The number of para-hydroxylation sites is 1. The predicted molar refractivity (Wildman–Crippen MR) is 96.8 cm³/mol. The van der Waals surface area contributed by atoms with E-state index in [1.165, 1.54) is 6.33 Å². The van der Waals surface area contributed by atoms with Crippen LogP contribution in [0.1, 0.15) is 23.4 Å². The molecule has 0 aliphatic rings. The van der Waals surface area contributed by atoms with E-state index in [2.05, 4.69) is 15.4 Å². The molecule has 1 aromatic heterocycles. The van der Waals surface area contributed by atoms with Crippen LogP contribution in [0.15, 0.2) is 24.5 Å². The zero-order chi connectivity index (χ0) is 18.2. The van der Waals surface area contributed by atoms with E-state index in [1.807, 2.05) is 39.1 Å². The van der Waals surface area contributed by atoms with Crippen LogP contribution in [0.4, 0.5) is 4.79 Å². The van der Waals surface area contributed by atoms with Gasteiger partial charge in [0.2, 0.25) is 0 Å². The van der Waals surface area contributed by atoms with Crippen LogP contribution in [0.5, 0.6) is 5.75 Å². The highest BCUT2D eigenvalue weighted by atomic mass is 16.5. The van der Waals surface area contributed by atoms with Crippen molar-refractivity contribution in [1.82, 2.24) is 25.0 Å². The highest BCUT2D eigenvalue weighted by molar-refractivity contribution is 5.73. The largest absolute Gasteiger partial charge is 0.493 e. The van der Waals surface area contributed by atoms with Gasteiger partial charge in [0.15, 0.2) is 0 Å². The number of carbonyl (C=O) groups excluding carboxylic acids is 1. The number of rotatable bonds is 8. The molecule has 0 unspecified atom stereocenters. The Labute approximate surface area is 149 Å². The highest BCUT2D eigenvalue weighted by Gasteiger charge is 2.09. The Morgan fingerprint density at radius 1 is 1.32 bits per heavy atom. The van der Waals surface area contributed by atoms with Gasteiger partial charge < -0.3 is 15.0 Å². The second-order valence-corrected chi connectivity index (χ2v) is 6.13. The van der Waals surface area contributed by atoms with E-state index in [0.717, 1.165) is 29.1 Å². The molecule has 0 spiro atoms. The molecule has 0 fully saturated rings. The molecule has 0 aliphatic carbocycles. The number of nitrogens with zero attached hydrogens (tertiary/aromatic N) is 4. The van der Waals surface area contributed by atoms with Gasteiger partial charge >= 0.3 is 6.03 Å². The van der Waals surface area contributed by atoms with Crippen LogP contribution in [-0.4, -0.2) is 52.4 Å². The van der Waals surface area contributed by atoms with Crippen molar-refractivity contribution in [2.75, 3.05) is 26.7 Å². The summed E-state index contributed by atoms with van der Waals surface area (Å²) in [5, 5.41) is 6.90. The molecule has 0 atom stereocenters. The molecule has 2 amide bonds. The Morgan fingerprint density at radius 3 is 2.68 bits per heavy atom. The van der Waals surface area contributed by atoms with Crippen molar-refractivity contribution in [3.8, 4) is 5.75 Å². The zero-order valence-corrected chi connectivity index (χ0v) is 15.5. The van der Waals surface area contributed by atoms with Crippen LogP contribution < -0.4 is 10.1 Å². The van der Waals surface area contributed by atoms with Crippen LogP contribution in [0.25, 0.3) is 0 Å². The summed E-state index contributed by atoms with van der Waals surface area (Å²) in [6, 6.07) is 6.02. The third-order valence-corrected chi connectivity index (χ3v) is 4.07. The van der Waals surface area contributed by atoms with E-state index < -0.39 is 0 Å². The smallest absolute Gasteiger partial charge is 0.317 e. The fraction of sp³-hybridized carbons (Fsp3) is 0.500. The fourth-order valence-electron chi connectivity index (χ4n) is 2.57. The molecular formula is C18H27N5O2. The first-order valence-electron chi connectivity index (χ1n) is 8.50. The number of aromatic nitrogens is 3. The molecule has 0 radical (unpaired) electrons. The van der Waals surface area contributed by atoms with Gasteiger partial charge in [0, 0.05) is 33.6 Å². The summed E-state index contributed by atoms with van der Waals surface area (Å²) >= 11 is 0. The van der Waals surface area contributed by atoms with Crippen LogP contribution in [-0.2, 0) is 13.5 Å². The Morgan fingerprint density at radius 2 is 2.04 bits per heavy atom. The molecule has 2 rings (SSSR count). The quantitative estimate of drug-likeness (QED) is 0.744. The van der Waals surface area contributed by atoms with Gasteiger partial charge in [-0.2, -0.15) is 5.10 Å². The first kappa shape index (κ1) is 18.8. The summed E-state index contributed by atoms with van der Waals surface area (Å²) in [5.74, 6) is 1.79. The zero-order valence-electron chi connectivity index (χ0n) is 15.5. The predicted octanol–water partition coefficient (Wildman–Crippen LogP) is 2.08. The minimum absolute atomic E-state index is 0.0887. The highest BCUT2D eigenvalue weighted by Crippen LogP contribution is 2.22. The van der Waals surface area contributed by atoms with Gasteiger partial charge in [0.1, 0.15) is 17.9 Å². The van der Waals surface area contributed by atoms with Crippen LogP contribution in [0, 0.1) is 13.8 Å². The number of hydrogen-bond acceptors (Lipinski definition) is 4. The van der Waals surface area contributed by atoms with Crippen molar-refractivity contribution in [3.63, 3.8) is 0 Å². The summed E-state index contributed by atoms with van der Waals surface area (Å²) in [6.45, 7) is 5.84. The number of benzene rings is 1. The van der Waals surface area contributed by atoms with Gasteiger partial charge in [0.05, 0.1) is 6.61 Å². The molecule has 25 heavy (non-hydrogen) atoms. The maximum Gasteiger partial charge on any atom is 0.317 e. The number of ether oxygens (including phenoxy) is 1. The summed E-state index contributed by atoms with van der Waals surface area (Å²) < 4.78 is 7.57. The van der Waals surface area contributed by atoms with Gasteiger partial charge in [-0.25, -0.2) is 9.78 Å². The lowest BCUT2D eigenvalue weighted by atomic mass is 10.1. The van der Waals surface area contributed by atoms with Gasteiger partial charge in [-0.1, -0.05) is 18.2 Å². The average molecular weight is 345 g/mol. The molecule has 0 saturated carbocycles. The van der Waals surface area contributed by atoms with Gasteiger partial charge in [0.25, 0.3) is 0 Å². The first-order chi connectivity index (χ1) is 12.0. The van der Waals surface area contributed by atoms with E-state index in [4.69, 9.17) is 4.74 Å². The first-order valence-corrected chi connectivity index (χ1v) is 8.50. The second-order valence-electron chi connectivity index (χ2n) is 6.13. The lowest BCUT2D eigenvalue weighted by molar-refractivity contribution is 0.203. The molecular weight excluding hydrogens is 318 g/mol.